The van der Waals surface area contributed by atoms with E-state index in [0.717, 1.165) is 6.07 Å². The lowest BCUT2D eigenvalue weighted by molar-refractivity contribution is -0.125. The number of aromatic nitrogens is 2. The van der Waals surface area contributed by atoms with Crippen molar-refractivity contribution in [3.63, 3.8) is 0 Å². The molecule has 1 heterocycles. The van der Waals surface area contributed by atoms with Crippen molar-refractivity contribution in [1.29, 1.82) is 0 Å². The molecule has 2 aromatic rings. The maximum atomic E-state index is 13.2. The molecule has 0 saturated heterocycles. The third-order valence-corrected chi connectivity index (χ3v) is 2.17. The summed E-state index contributed by atoms with van der Waals surface area (Å²) < 4.78 is 61.7. The molecule has 0 aliphatic carbocycles. The number of nitrogens with one attached hydrogen (secondary N) is 2. The molecule has 1 aromatic carbocycles. The second kappa shape index (κ2) is 4.52. The van der Waals surface area contributed by atoms with Gasteiger partial charge >= 0.3 is 6.18 Å². The van der Waals surface area contributed by atoms with Gasteiger partial charge in [0.2, 0.25) is 0 Å². The van der Waals surface area contributed by atoms with Gasteiger partial charge in [0.25, 0.3) is 0 Å². The SMILES string of the molecule is Fc1cc(F)c2nc(CNCC(F)(F)F)[nH]c2c1. The summed E-state index contributed by atoms with van der Waals surface area (Å²) >= 11 is 0. The first kappa shape index (κ1) is 12.7. The number of rotatable bonds is 3. The fourth-order valence-electron chi connectivity index (χ4n) is 1.50. The second-order valence-corrected chi connectivity index (χ2v) is 3.69. The van der Waals surface area contributed by atoms with Crippen LogP contribution in [0.3, 0.4) is 0 Å². The summed E-state index contributed by atoms with van der Waals surface area (Å²) in [4.78, 5) is 6.29. The van der Waals surface area contributed by atoms with E-state index in [9.17, 15) is 22.0 Å². The normalized spacial score (nSPS) is 12.3. The number of H-pyrrole nitrogens is 1. The Hall–Kier alpha value is -1.70. The number of hydrogen-bond donors (Lipinski definition) is 2. The monoisotopic (exact) mass is 265 g/mol. The molecule has 0 amide bonds. The fourth-order valence-corrected chi connectivity index (χ4v) is 1.50. The van der Waals surface area contributed by atoms with Gasteiger partial charge in [-0.1, -0.05) is 0 Å². The van der Waals surface area contributed by atoms with E-state index in [1.807, 2.05) is 0 Å². The van der Waals surface area contributed by atoms with Crippen LogP contribution in [0.15, 0.2) is 12.1 Å². The number of fused-ring (bicyclic) bond motifs is 1. The van der Waals surface area contributed by atoms with Gasteiger partial charge in [0.15, 0.2) is 5.82 Å². The van der Waals surface area contributed by atoms with Crippen molar-refractivity contribution in [3.8, 4) is 0 Å². The largest absolute Gasteiger partial charge is 0.401 e. The van der Waals surface area contributed by atoms with E-state index in [-0.39, 0.29) is 23.4 Å². The number of halogens is 5. The van der Waals surface area contributed by atoms with Crippen molar-refractivity contribution >= 4 is 11.0 Å². The lowest BCUT2D eigenvalue weighted by Crippen LogP contribution is -2.28. The highest BCUT2D eigenvalue weighted by Crippen LogP contribution is 2.17. The lowest BCUT2D eigenvalue weighted by Gasteiger charge is -2.05. The van der Waals surface area contributed by atoms with E-state index in [0.29, 0.717) is 6.07 Å². The zero-order valence-corrected chi connectivity index (χ0v) is 8.91. The smallest absolute Gasteiger partial charge is 0.341 e. The minimum Gasteiger partial charge on any atom is -0.341 e. The maximum absolute atomic E-state index is 13.2. The molecule has 2 N–H and O–H groups in total. The minimum atomic E-state index is -4.33. The molecule has 0 fully saturated rings. The summed E-state index contributed by atoms with van der Waals surface area (Å²) in [6.45, 7) is -1.39. The van der Waals surface area contributed by atoms with Crippen molar-refractivity contribution in [2.75, 3.05) is 6.54 Å². The molecule has 18 heavy (non-hydrogen) atoms. The van der Waals surface area contributed by atoms with Crippen molar-refractivity contribution in [2.45, 2.75) is 12.7 Å². The van der Waals surface area contributed by atoms with Crippen molar-refractivity contribution in [1.82, 2.24) is 15.3 Å². The average Bonchev–Trinajstić information content (AvgIpc) is 2.58. The Morgan fingerprint density at radius 1 is 1.22 bits per heavy atom. The fraction of sp³-hybridized carbons (Fsp3) is 0.300. The van der Waals surface area contributed by atoms with Crippen LogP contribution in [0.4, 0.5) is 22.0 Å². The number of alkyl halides is 3. The van der Waals surface area contributed by atoms with Gasteiger partial charge in [-0.3, -0.25) is 0 Å². The third-order valence-electron chi connectivity index (χ3n) is 2.17. The molecule has 1 aromatic heterocycles. The standard InChI is InChI=1S/C10H8F5N3/c11-5-1-6(12)9-7(2-5)17-8(18-9)3-16-4-10(13,14)15/h1-2,16H,3-4H2,(H,17,18). The van der Waals surface area contributed by atoms with E-state index < -0.39 is 24.4 Å². The van der Waals surface area contributed by atoms with Gasteiger partial charge in [-0.05, 0) is 6.07 Å². The van der Waals surface area contributed by atoms with Crippen LogP contribution in [-0.2, 0) is 6.54 Å². The number of benzene rings is 1. The molecule has 0 bridgehead atoms. The number of imidazole rings is 1. The predicted octanol–water partition coefficient (Wildman–Crippen LogP) is 2.49. The zero-order valence-electron chi connectivity index (χ0n) is 8.91. The molecule has 2 rings (SSSR count). The Labute approximate surface area is 98.0 Å². The lowest BCUT2D eigenvalue weighted by atomic mass is 10.3. The first-order chi connectivity index (χ1) is 8.35. The molecule has 0 aliphatic rings. The van der Waals surface area contributed by atoms with Gasteiger partial charge in [-0.25, -0.2) is 13.8 Å². The van der Waals surface area contributed by atoms with Crippen LogP contribution in [0.2, 0.25) is 0 Å². The van der Waals surface area contributed by atoms with E-state index >= 15 is 0 Å². The first-order valence-corrected chi connectivity index (χ1v) is 4.96. The summed E-state index contributed by atoms with van der Waals surface area (Å²) in [6, 6.07) is 1.69. The van der Waals surface area contributed by atoms with E-state index in [1.165, 1.54) is 0 Å². The van der Waals surface area contributed by atoms with Crippen molar-refractivity contribution in [2.24, 2.45) is 0 Å². The highest BCUT2D eigenvalue weighted by atomic mass is 19.4. The second-order valence-electron chi connectivity index (χ2n) is 3.69. The molecule has 0 saturated carbocycles. The summed E-state index contributed by atoms with van der Waals surface area (Å²) in [5, 5.41) is 2.10. The molecule has 0 atom stereocenters. The molecule has 8 heteroatoms. The van der Waals surface area contributed by atoms with Gasteiger partial charge in [-0.2, -0.15) is 13.2 Å². The Morgan fingerprint density at radius 3 is 2.61 bits per heavy atom. The van der Waals surface area contributed by atoms with E-state index in [1.54, 1.807) is 0 Å². The Balaban J connectivity index is 2.13. The van der Waals surface area contributed by atoms with Gasteiger partial charge in [-0.15, -0.1) is 0 Å². The van der Waals surface area contributed by atoms with Crippen LogP contribution in [-0.4, -0.2) is 22.7 Å². The van der Waals surface area contributed by atoms with Crippen molar-refractivity contribution in [3.05, 3.63) is 29.6 Å². The number of hydrogen-bond acceptors (Lipinski definition) is 2. The molecule has 0 aliphatic heterocycles. The quantitative estimate of drug-likeness (QED) is 0.837. The molecule has 3 nitrogen and oxygen atoms in total. The predicted molar refractivity (Wildman–Crippen MR) is 53.8 cm³/mol. The highest BCUT2D eigenvalue weighted by Gasteiger charge is 2.26. The summed E-state index contributed by atoms with van der Waals surface area (Å²) in [5.74, 6) is -1.53. The Bertz CT molecular complexity index is 560. The number of nitrogens with zero attached hydrogens (tertiary/aromatic N) is 1. The Kier molecular flexibility index (Phi) is 3.20. The molecular formula is C10H8F5N3. The van der Waals surface area contributed by atoms with E-state index in [2.05, 4.69) is 15.3 Å². The van der Waals surface area contributed by atoms with Crippen LogP contribution in [0.1, 0.15) is 5.82 Å². The highest BCUT2D eigenvalue weighted by molar-refractivity contribution is 5.75. The molecule has 0 radical (unpaired) electrons. The van der Waals surface area contributed by atoms with Gasteiger partial charge in [0.05, 0.1) is 18.6 Å². The van der Waals surface area contributed by atoms with Gasteiger partial charge < -0.3 is 10.3 Å². The molecule has 0 unspecified atom stereocenters. The third kappa shape index (κ3) is 2.95. The van der Waals surface area contributed by atoms with Crippen LogP contribution in [0, 0.1) is 11.6 Å². The minimum absolute atomic E-state index is 0.0970. The number of aromatic amines is 1. The summed E-state index contributed by atoms with van der Waals surface area (Å²) in [6.07, 6.45) is -4.33. The van der Waals surface area contributed by atoms with Crippen LogP contribution < -0.4 is 5.32 Å². The Morgan fingerprint density at radius 2 is 1.94 bits per heavy atom. The van der Waals surface area contributed by atoms with Crippen LogP contribution in [0.25, 0.3) is 11.0 Å². The molecule has 0 spiro atoms. The average molecular weight is 265 g/mol. The van der Waals surface area contributed by atoms with Crippen LogP contribution >= 0.6 is 0 Å². The summed E-state index contributed by atoms with van der Waals surface area (Å²) in [5.41, 5.74) is 0.0107. The van der Waals surface area contributed by atoms with E-state index in [4.69, 9.17) is 0 Å². The topological polar surface area (TPSA) is 40.7 Å². The van der Waals surface area contributed by atoms with Gasteiger partial charge in [0.1, 0.15) is 17.2 Å². The van der Waals surface area contributed by atoms with Crippen LogP contribution in [0.5, 0.6) is 0 Å². The first-order valence-electron chi connectivity index (χ1n) is 4.96. The van der Waals surface area contributed by atoms with Crippen molar-refractivity contribution < 1.29 is 22.0 Å². The molecule has 98 valence electrons. The maximum Gasteiger partial charge on any atom is 0.401 e. The zero-order chi connectivity index (χ0) is 13.3. The summed E-state index contributed by atoms with van der Waals surface area (Å²) in [7, 11) is 0. The molecular weight excluding hydrogens is 257 g/mol. The van der Waals surface area contributed by atoms with Gasteiger partial charge in [0, 0.05) is 6.07 Å².